The van der Waals surface area contributed by atoms with Gasteiger partial charge in [0.2, 0.25) is 0 Å². The second-order valence-corrected chi connectivity index (χ2v) is 4.76. The molecule has 0 saturated heterocycles. The lowest BCUT2D eigenvalue weighted by Gasteiger charge is -2.10. The van der Waals surface area contributed by atoms with Crippen molar-refractivity contribution < 1.29 is 9.59 Å². The maximum absolute atomic E-state index is 12.0. The van der Waals surface area contributed by atoms with Crippen LogP contribution in [0.4, 0.5) is 5.69 Å². The Labute approximate surface area is 115 Å². The molecule has 0 aliphatic carbocycles. The van der Waals surface area contributed by atoms with E-state index >= 15 is 0 Å². The summed E-state index contributed by atoms with van der Waals surface area (Å²) in [6.45, 7) is 3.81. The molecule has 0 unspecified atom stereocenters. The number of benzene rings is 1. The van der Waals surface area contributed by atoms with Crippen molar-refractivity contribution in [1.29, 1.82) is 0 Å². The maximum Gasteiger partial charge on any atom is 0.272 e. The molecule has 0 aliphatic rings. The number of hydrogen-bond donors (Lipinski definition) is 2. The summed E-state index contributed by atoms with van der Waals surface area (Å²) in [6.07, 6.45) is 2.16. The maximum atomic E-state index is 12.0. The normalized spacial score (nSPS) is 10.3. The van der Waals surface area contributed by atoms with Gasteiger partial charge in [0.15, 0.2) is 6.29 Å². The van der Waals surface area contributed by atoms with Crippen LogP contribution in [0.25, 0.3) is 0 Å². The van der Waals surface area contributed by atoms with Crippen molar-refractivity contribution >= 4 is 29.5 Å². The van der Waals surface area contributed by atoms with E-state index < -0.39 is 0 Å². The summed E-state index contributed by atoms with van der Waals surface area (Å²) in [6, 6.07) is 5.21. The Balaban J connectivity index is 2.26. The molecule has 0 fully saturated rings. The van der Waals surface area contributed by atoms with Crippen LogP contribution >= 0.6 is 11.6 Å². The summed E-state index contributed by atoms with van der Waals surface area (Å²) in [5, 5.41) is 3.23. The topological polar surface area (TPSA) is 62.0 Å². The van der Waals surface area contributed by atoms with Crippen molar-refractivity contribution in [3.05, 3.63) is 51.8 Å². The van der Waals surface area contributed by atoms with Crippen LogP contribution in [0, 0.1) is 13.8 Å². The van der Waals surface area contributed by atoms with Gasteiger partial charge in [-0.2, -0.15) is 0 Å². The number of carbonyl (C=O) groups excluding carboxylic acids is 2. The van der Waals surface area contributed by atoms with Crippen LogP contribution < -0.4 is 5.32 Å². The fourth-order valence-electron chi connectivity index (χ4n) is 1.87. The van der Waals surface area contributed by atoms with Crippen LogP contribution in [0.15, 0.2) is 24.4 Å². The highest BCUT2D eigenvalue weighted by atomic mass is 35.5. The number of H-pyrrole nitrogens is 1. The largest absolute Gasteiger partial charge is 0.356 e. The third-order valence-electron chi connectivity index (χ3n) is 2.76. The zero-order valence-electron chi connectivity index (χ0n) is 10.6. The zero-order chi connectivity index (χ0) is 14.0. The minimum Gasteiger partial charge on any atom is -0.356 e. The SMILES string of the molecule is Cc1cc(C)c(NC(=O)c2cc(C=O)c[nH]2)c(Cl)c1. The molecule has 2 aromatic rings. The molecular weight excluding hydrogens is 264 g/mol. The average molecular weight is 277 g/mol. The second-order valence-electron chi connectivity index (χ2n) is 4.36. The van der Waals surface area contributed by atoms with E-state index in [1.54, 1.807) is 6.07 Å². The van der Waals surface area contributed by atoms with Crippen LogP contribution in [0.2, 0.25) is 5.02 Å². The van der Waals surface area contributed by atoms with E-state index in [1.807, 2.05) is 19.9 Å². The monoisotopic (exact) mass is 276 g/mol. The third-order valence-corrected chi connectivity index (χ3v) is 3.05. The smallest absolute Gasteiger partial charge is 0.272 e. The first-order valence-electron chi connectivity index (χ1n) is 5.73. The van der Waals surface area contributed by atoms with Crippen LogP contribution in [-0.4, -0.2) is 17.2 Å². The number of carbonyl (C=O) groups is 2. The first-order chi connectivity index (χ1) is 9.01. The molecule has 2 N–H and O–H groups in total. The standard InChI is InChI=1S/C14H13ClN2O2/c1-8-3-9(2)13(11(15)4-8)17-14(19)12-5-10(7-18)6-16-12/h3-7,16H,1-2H3,(H,17,19). The number of aromatic nitrogens is 1. The van der Waals surface area contributed by atoms with Gasteiger partial charge in [-0.15, -0.1) is 0 Å². The summed E-state index contributed by atoms with van der Waals surface area (Å²) in [4.78, 5) is 25.3. The fraction of sp³-hybridized carbons (Fsp3) is 0.143. The Morgan fingerprint density at radius 2 is 2.05 bits per heavy atom. The number of aryl methyl sites for hydroxylation is 2. The predicted octanol–water partition coefficient (Wildman–Crippen LogP) is 3.35. The van der Waals surface area contributed by atoms with Gasteiger partial charge >= 0.3 is 0 Å². The Morgan fingerprint density at radius 1 is 1.32 bits per heavy atom. The highest BCUT2D eigenvalue weighted by Crippen LogP contribution is 2.27. The van der Waals surface area contributed by atoms with Gasteiger partial charge in [-0.05, 0) is 37.1 Å². The average Bonchev–Trinajstić information content (AvgIpc) is 2.82. The van der Waals surface area contributed by atoms with Crippen molar-refractivity contribution in [1.82, 2.24) is 4.98 Å². The highest BCUT2D eigenvalue weighted by Gasteiger charge is 2.12. The number of halogens is 1. The van der Waals surface area contributed by atoms with Gasteiger partial charge in [-0.1, -0.05) is 17.7 Å². The lowest BCUT2D eigenvalue weighted by Crippen LogP contribution is -2.13. The van der Waals surface area contributed by atoms with Gasteiger partial charge < -0.3 is 10.3 Å². The molecule has 0 radical (unpaired) electrons. The second kappa shape index (κ2) is 5.28. The van der Waals surface area contributed by atoms with Crippen LogP contribution in [-0.2, 0) is 0 Å². The molecule has 98 valence electrons. The van der Waals surface area contributed by atoms with E-state index in [0.29, 0.717) is 28.3 Å². The minimum absolute atomic E-state index is 0.318. The quantitative estimate of drug-likeness (QED) is 0.845. The number of aromatic amines is 1. The van der Waals surface area contributed by atoms with Gasteiger partial charge in [0.25, 0.3) is 5.91 Å². The molecular formula is C14H13ClN2O2. The first-order valence-corrected chi connectivity index (χ1v) is 6.10. The molecule has 4 nitrogen and oxygen atoms in total. The lowest BCUT2D eigenvalue weighted by molar-refractivity contribution is 0.102. The van der Waals surface area contributed by atoms with Gasteiger partial charge in [-0.3, -0.25) is 9.59 Å². The molecule has 0 saturated carbocycles. The number of nitrogens with one attached hydrogen (secondary N) is 2. The van der Waals surface area contributed by atoms with Crippen molar-refractivity contribution in [2.45, 2.75) is 13.8 Å². The van der Waals surface area contributed by atoms with E-state index in [0.717, 1.165) is 11.1 Å². The molecule has 1 heterocycles. The summed E-state index contributed by atoms with van der Waals surface area (Å²) in [7, 11) is 0. The predicted molar refractivity (Wildman–Crippen MR) is 75.1 cm³/mol. The van der Waals surface area contributed by atoms with E-state index in [2.05, 4.69) is 10.3 Å². The Morgan fingerprint density at radius 3 is 2.63 bits per heavy atom. The minimum atomic E-state index is -0.332. The number of aldehydes is 1. The molecule has 0 atom stereocenters. The molecule has 0 bridgehead atoms. The molecule has 1 aromatic carbocycles. The molecule has 0 aliphatic heterocycles. The molecule has 0 spiro atoms. The molecule has 1 amide bonds. The number of hydrogen-bond acceptors (Lipinski definition) is 2. The Kier molecular flexibility index (Phi) is 3.71. The lowest BCUT2D eigenvalue weighted by atomic mass is 10.1. The molecule has 5 heteroatoms. The summed E-state index contributed by atoms with van der Waals surface area (Å²) in [5.74, 6) is -0.332. The van der Waals surface area contributed by atoms with Crippen molar-refractivity contribution in [2.24, 2.45) is 0 Å². The van der Waals surface area contributed by atoms with Gasteiger partial charge in [-0.25, -0.2) is 0 Å². The number of anilines is 1. The van der Waals surface area contributed by atoms with Crippen molar-refractivity contribution in [2.75, 3.05) is 5.32 Å². The van der Waals surface area contributed by atoms with E-state index in [-0.39, 0.29) is 5.91 Å². The molecule has 1 aromatic heterocycles. The Hall–Kier alpha value is -2.07. The van der Waals surface area contributed by atoms with Gasteiger partial charge in [0, 0.05) is 11.8 Å². The van der Waals surface area contributed by atoms with Crippen LogP contribution in [0.5, 0.6) is 0 Å². The van der Waals surface area contributed by atoms with Crippen LogP contribution in [0.1, 0.15) is 32.0 Å². The van der Waals surface area contributed by atoms with E-state index in [4.69, 9.17) is 11.6 Å². The number of amides is 1. The summed E-state index contributed by atoms with van der Waals surface area (Å²) < 4.78 is 0. The third kappa shape index (κ3) is 2.85. The molecule has 2 rings (SSSR count). The van der Waals surface area contributed by atoms with Crippen molar-refractivity contribution in [3.63, 3.8) is 0 Å². The summed E-state index contributed by atoms with van der Waals surface area (Å²) >= 11 is 6.12. The van der Waals surface area contributed by atoms with Crippen LogP contribution in [0.3, 0.4) is 0 Å². The van der Waals surface area contributed by atoms with Gasteiger partial charge in [0.05, 0.1) is 10.7 Å². The fourth-order valence-corrected chi connectivity index (χ4v) is 2.23. The summed E-state index contributed by atoms with van der Waals surface area (Å²) in [5.41, 5.74) is 3.25. The van der Waals surface area contributed by atoms with Gasteiger partial charge in [0.1, 0.15) is 5.69 Å². The van der Waals surface area contributed by atoms with E-state index in [1.165, 1.54) is 12.3 Å². The van der Waals surface area contributed by atoms with Crippen molar-refractivity contribution in [3.8, 4) is 0 Å². The Bertz CT molecular complexity index is 624. The number of rotatable bonds is 3. The molecule has 19 heavy (non-hydrogen) atoms. The van der Waals surface area contributed by atoms with E-state index in [9.17, 15) is 9.59 Å². The zero-order valence-corrected chi connectivity index (χ0v) is 11.3. The highest BCUT2D eigenvalue weighted by molar-refractivity contribution is 6.34. The first kappa shape index (κ1) is 13.4.